The Balaban J connectivity index is 1.52. The Morgan fingerprint density at radius 3 is 2.40 bits per heavy atom. The van der Waals surface area contributed by atoms with Crippen LogP contribution in [0.3, 0.4) is 0 Å². The number of hydrogen-bond donors (Lipinski definition) is 1. The molecule has 6 nitrogen and oxygen atoms in total. The molecule has 20 heavy (non-hydrogen) atoms. The van der Waals surface area contributed by atoms with Gasteiger partial charge in [-0.2, -0.15) is 4.42 Å². The van der Waals surface area contributed by atoms with E-state index in [0.717, 1.165) is 46.3 Å². The number of morpholine rings is 1. The number of hydrazine groups is 2. The van der Waals surface area contributed by atoms with E-state index >= 15 is 0 Å². The van der Waals surface area contributed by atoms with Crippen LogP contribution in [-0.2, 0) is 4.74 Å². The molecule has 2 saturated heterocycles. The van der Waals surface area contributed by atoms with Gasteiger partial charge in [0.15, 0.2) is 0 Å². The molecule has 0 spiro atoms. The molecular weight excluding hydrogens is 278 g/mol. The lowest BCUT2D eigenvalue weighted by atomic mass is 9.96. The van der Waals surface area contributed by atoms with Gasteiger partial charge in [-0.3, -0.25) is 0 Å². The highest BCUT2D eigenvalue weighted by Gasteiger charge is 2.29. The maximum Gasteiger partial charge on any atom is 0.0822 e. The van der Waals surface area contributed by atoms with E-state index in [1.165, 1.54) is 32.1 Å². The molecule has 116 valence electrons. The van der Waals surface area contributed by atoms with Crippen molar-refractivity contribution in [1.82, 2.24) is 24.9 Å². The van der Waals surface area contributed by atoms with Crippen molar-refractivity contribution in [3.05, 3.63) is 0 Å². The third kappa shape index (κ3) is 4.04. The SMILES string of the molecule is ClN1CN(NC2CCCCC2)CN(N2CCOCC2)C1. The van der Waals surface area contributed by atoms with Crippen molar-refractivity contribution in [2.24, 2.45) is 0 Å². The second-order valence-electron chi connectivity index (χ2n) is 5.96. The van der Waals surface area contributed by atoms with E-state index in [4.69, 9.17) is 16.5 Å². The van der Waals surface area contributed by atoms with Gasteiger partial charge in [0, 0.05) is 19.1 Å². The highest BCUT2D eigenvalue weighted by Crippen LogP contribution is 2.19. The van der Waals surface area contributed by atoms with E-state index in [9.17, 15) is 0 Å². The van der Waals surface area contributed by atoms with E-state index in [0.29, 0.717) is 6.04 Å². The first-order valence-corrected chi connectivity index (χ1v) is 8.14. The minimum atomic E-state index is 0.624. The molecule has 0 atom stereocenters. The number of nitrogens with zero attached hydrogens (tertiary/aromatic N) is 4. The van der Waals surface area contributed by atoms with Crippen LogP contribution in [0.4, 0.5) is 0 Å². The smallest absolute Gasteiger partial charge is 0.0822 e. The Morgan fingerprint density at radius 1 is 0.900 bits per heavy atom. The molecule has 0 amide bonds. The van der Waals surface area contributed by atoms with Crippen LogP contribution in [0, 0.1) is 0 Å². The predicted molar refractivity (Wildman–Crippen MR) is 78.4 cm³/mol. The Kier molecular flexibility index (Phi) is 5.50. The molecule has 3 aliphatic rings. The molecule has 3 fully saturated rings. The monoisotopic (exact) mass is 303 g/mol. The summed E-state index contributed by atoms with van der Waals surface area (Å²) < 4.78 is 7.26. The summed E-state index contributed by atoms with van der Waals surface area (Å²) in [5.41, 5.74) is 3.66. The summed E-state index contributed by atoms with van der Waals surface area (Å²) in [5.74, 6) is 0. The van der Waals surface area contributed by atoms with Crippen molar-refractivity contribution in [3.8, 4) is 0 Å². The van der Waals surface area contributed by atoms with Gasteiger partial charge in [-0.05, 0) is 24.6 Å². The number of hydrogen-bond acceptors (Lipinski definition) is 6. The van der Waals surface area contributed by atoms with Crippen molar-refractivity contribution >= 4 is 11.8 Å². The molecule has 0 unspecified atom stereocenters. The average Bonchev–Trinajstić information content (AvgIpc) is 2.49. The third-order valence-corrected chi connectivity index (χ3v) is 4.55. The van der Waals surface area contributed by atoms with E-state index in [1.807, 2.05) is 4.42 Å². The zero-order chi connectivity index (χ0) is 13.8. The molecular formula is C13H26ClN5O. The number of halogens is 1. The summed E-state index contributed by atoms with van der Waals surface area (Å²) in [4.78, 5) is 0. The molecule has 3 rings (SSSR count). The third-order valence-electron chi connectivity index (χ3n) is 4.33. The zero-order valence-electron chi connectivity index (χ0n) is 12.1. The van der Waals surface area contributed by atoms with Crippen LogP contribution in [0.15, 0.2) is 0 Å². The van der Waals surface area contributed by atoms with Gasteiger partial charge < -0.3 is 4.74 Å². The summed E-state index contributed by atoms with van der Waals surface area (Å²) in [5, 5.41) is 6.92. The van der Waals surface area contributed by atoms with Crippen LogP contribution in [-0.4, -0.2) is 71.8 Å². The van der Waals surface area contributed by atoms with Crippen molar-refractivity contribution < 1.29 is 4.74 Å². The second-order valence-corrected chi connectivity index (χ2v) is 6.44. The summed E-state index contributed by atoms with van der Waals surface area (Å²) in [7, 11) is 0. The highest BCUT2D eigenvalue weighted by molar-refractivity contribution is 6.13. The number of ether oxygens (including phenoxy) is 1. The van der Waals surface area contributed by atoms with Crippen LogP contribution in [0.1, 0.15) is 32.1 Å². The van der Waals surface area contributed by atoms with Crippen LogP contribution in [0.25, 0.3) is 0 Å². The Labute approximate surface area is 126 Å². The van der Waals surface area contributed by atoms with Crippen molar-refractivity contribution in [3.63, 3.8) is 0 Å². The first-order valence-electron chi connectivity index (χ1n) is 7.80. The molecule has 0 bridgehead atoms. The predicted octanol–water partition coefficient (Wildman–Crippen LogP) is 1.02. The highest BCUT2D eigenvalue weighted by atomic mass is 35.5. The van der Waals surface area contributed by atoms with Gasteiger partial charge in [-0.15, -0.1) is 0 Å². The molecule has 2 aliphatic heterocycles. The lowest BCUT2D eigenvalue weighted by Crippen LogP contribution is -2.63. The van der Waals surface area contributed by atoms with Crippen molar-refractivity contribution in [2.75, 3.05) is 46.3 Å². The molecule has 0 aromatic heterocycles. The van der Waals surface area contributed by atoms with Gasteiger partial charge in [0.2, 0.25) is 0 Å². The lowest BCUT2D eigenvalue weighted by molar-refractivity contribution is -0.165. The quantitative estimate of drug-likeness (QED) is 0.784. The minimum absolute atomic E-state index is 0.624. The molecule has 0 aromatic carbocycles. The largest absolute Gasteiger partial charge is 0.379 e. The molecule has 7 heteroatoms. The van der Waals surface area contributed by atoms with Crippen LogP contribution >= 0.6 is 11.8 Å². The topological polar surface area (TPSA) is 34.2 Å². The maximum atomic E-state index is 6.30. The van der Waals surface area contributed by atoms with E-state index in [-0.39, 0.29) is 0 Å². The summed E-state index contributed by atoms with van der Waals surface area (Å²) in [6.45, 7) is 6.01. The molecule has 1 saturated carbocycles. The first kappa shape index (κ1) is 15.0. The Bertz CT molecular complexity index is 296. The van der Waals surface area contributed by atoms with Crippen LogP contribution < -0.4 is 5.43 Å². The zero-order valence-corrected chi connectivity index (χ0v) is 12.9. The second kappa shape index (κ2) is 7.35. The van der Waals surface area contributed by atoms with Crippen molar-refractivity contribution in [1.29, 1.82) is 0 Å². The normalized spacial score (nSPS) is 29.9. The Morgan fingerprint density at radius 2 is 1.65 bits per heavy atom. The van der Waals surface area contributed by atoms with Gasteiger partial charge >= 0.3 is 0 Å². The van der Waals surface area contributed by atoms with E-state index in [1.54, 1.807) is 0 Å². The number of nitrogens with one attached hydrogen (secondary N) is 1. The van der Waals surface area contributed by atoms with Gasteiger partial charge in [0.25, 0.3) is 0 Å². The lowest BCUT2D eigenvalue weighted by Gasteiger charge is -2.46. The first-order chi connectivity index (χ1) is 9.81. The van der Waals surface area contributed by atoms with Crippen LogP contribution in [0.5, 0.6) is 0 Å². The summed E-state index contributed by atoms with van der Waals surface area (Å²) in [6, 6.07) is 0.624. The Hall–Kier alpha value is 0.0500. The van der Waals surface area contributed by atoms with Crippen molar-refractivity contribution in [2.45, 2.75) is 38.1 Å². The summed E-state index contributed by atoms with van der Waals surface area (Å²) >= 11 is 6.30. The van der Waals surface area contributed by atoms with Gasteiger partial charge in [0.05, 0.1) is 33.2 Å². The van der Waals surface area contributed by atoms with E-state index in [2.05, 4.69) is 20.5 Å². The fraction of sp³-hybridized carbons (Fsp3) is 1.00. The fourth-order valence-corrected chi connectivity index (χ4v) is 3.53. The standard InChI is InChI=1S/C13H26ClN5O/c14-16-10-17(15-13-4-2-1-3-5-13)12-19(11-16)18-6-8-20-9-7-18/h13,15H,1-12H2. The van der Waals surface area contributed by atoms with Gasteiger partial charge in [0.1, 0.15) is 0 Å². The summed E-state index contributed by atoms with van der Waals surface area (Å²) in [6.07, 6.45) is 6.67. The van der Waals surface area contributed by atoms with Gasteiger partial charge in [-0.1, -0.05) is 19.3 Å². The maximum absolute atomic E-state index is 6.30. The minimum Gasteiger partial charge on any atom is -0.379 e. The molecule has 2 heterocycles. The molecule has 1 aliphatic carbocycles. The average molecular weight is 304 g/mol. The molecule has 1 N–H and O–H groups in total. The molecule has 0 radical (unpaired) electrons. The van der Waals surface area contributed by atoms with Crippen LogP contribution in [0.2, 0.25) is 0 Å². The number of rotatable bonds is 3. The fourth-order valence-electron chi connectivity index (χ4n) is 3.28. The molecule has 0 aromatic rings. The van der Waals surface area contributed by atoms with Gasteiger partial charge in [-0.25, -0.2) is 20.5 Å². The van der Waals surface area contributed by atoms with E-state index < -0.39 is 0 Å².